The molecule has 0 amide bonds. The Labute approximate surface area is 227 Å². The van der Waals surface area contributed by atoms with Crippen molar-refractivity contribution in [2.24, 2.45) is 0 Å². The van der Waals surface area contributed by atoms with E-state index in [4.69, 9.17) is 4.74 Å². The van der Waals surface area contributed by atoms with Crippen molar-refractivity contribution >= 4 is 23.5 Å². The first kappa shape index (κ1) is 37.9. The van der Waals surface area contributed by atoms with E-state index in [0.29, 0.717) is 0 Å². The molecule has 0 saturated carbocycles. The second-order valence-corrected chi connectivity index (χ2v) is 9.50. The fraction of sp³-hybridized carbons (Fsp3) is 0.556. The van der Waals surface area contributed by atoms with Crippen molar-refractivity contribution in [3.05, 3.63) is 33.1 Å². The molecule has 2 heterocycles. The zero-order valence-electron chi connectivity index (χ0n) is 17.3. The van der Waals surface area contributed by atoms with Crippen molar-refractivity contribution < 1.29 is 132 Å². The van der Waals surface area contributed by atoms with E-state index in [2.05, 4.69) is 13.1 Å². The van der Waals surface area contributed by atoms with Gasteiger partial charge in [-0.2, -0.15) is 0 Å². The van der Waals surface area contributed by atoms with E-state index in [1.165, 1.54) is 0 Å². The maximum absolute atomic E-state index is 11.7. The van der Waals surface area contributed by atoms with Gasteiger partial charge in [0.15, 0.2) is 0 Å². The van der Waals surface area contributed by atoms with Gasteiger partial charge in [-0.05, 0) is 0 Å². The molecule has 0 aliphatic carbocycles. The molecular formula is C9H11Li4N2O14P3. The fourth-order valence-corrected chi connectivity index (χ4v) is 5.00. The Morgan fingerprint density at radius 2 is 1.62 bits per heavy atom. The number of aromatic nitrogens is 2. The minimum absolute atomic E-state index is 0. The van der Waals surface area contributed by atoms with Gasteiger partial charge in [0.05, 0.1) is 20.5 Å². The van der Waals surface area contributed by atoms with E-state index in [0.717, 1.165) is 16.8 Å². The van der Waals surface area contributed by atoms with Crippen LogP contribution in [0.3, 0.4) is 0 Å². The van der Waals surface area contributed by atoms with Crippen LogP contribution in [0.25, 0.3) is 0 Å². The van der Waals surface area contributed by atoms with Crippen LogP contribution in [0.1, 0.15) is 12.6 Å². The number of aliphatic hydroxyl groups is 1. The summed E-state index contributed by atoms with van der Waals surface area (Å²) in [4.78, 5) is 67.6. The van der Waals surface area contributed by atoms with Crippen LogP contribution in [-0.4, -0.2) is 33.5 Å². The van der Waals surface area contributed by atoms with Gasteiger partial charge in [-0.1, -0.05) is 0 Å². The summed E-state index contributed by atoms with van der Waals surface area (Å²) in [5.74, 6) is 0. The Morgan fingerprint density at radius 1 is 1.06 bits per heavy atom. The van der Waals surface area contributed by atoms with E-state index in [1.54, 1.807) is 0 Å². The molecule has 1 aliphatic rings. The van der Waals surface area contributed by atoms with E-state index in [-0.39, 0.29) is 81.9 Å². The van der Waals surface area contributed by atoms with E-state index < -0.39 is 59.8 Å². The number of nitrogens with zero attached hydrogens (tertiary/aromatic N) is 1. The summed E-state index contributed by atoms with van der Waals surface area (Å²) in [5, 5.41) is 9.86. The summed E-state index contributed by atoms with van der Waals surface area (Å²) in [6, 6.07) is 0.997. The molecule has 1 aromatic heterocycles. The zero-order valence-corrected chi connectivity index (χ0v) is 20.0. The maximum Gasteiger partial charge on any atom is 1.00 e. The van der Waals surface area contributed by atoms with Crippen LogP contribution < -0.4 is 106 Å². The molecule has 1 aromatic rings. The monoisotopic (exact) mass is 492 g/mol. The molecule has 16 nitrogen and oxygen atoms in total. The van der Waals surface area contributed by atoms with Gasteiger partial charge < -0.3 is 38.5 Å². The Bertz CT molecular complexity index is 983. The molecule has 1 saturated heterocycles. The molecule has 160 valence electrons. The van der Waals surface area contributed by atoms with Crippen LogP contribution in [0.15, 0.2) is 21.9 Å². The molecule has 1 fully saturated rings. The second-order valence-electron chi connectivity index (χ2n) is 5.25. The molecular weight excluding hydrogens is 481 g/mol. The first-order chi connectivity index (χ1) is 12.7. The van der Waals surface area contributed by atoms with Crippen molar-refractivity contribution in [3.8, 4) is 0 Å². The smallest absolute Gasteiger partial charge is 0.790 e. The van der Waals surface area contributed by atoms with Crippen molar-refractivity contribution in [1.82, 2.24) is 9.55 Å². The molecule has 5 unspecified atom stereocenters. The summed E-state index contributed by atoms with van der Waals surface area (Å²) in [6.07, 6.45) is -3.02. The predicted molar refractivity (Wildman–Crippen MR) is 76.8 cm³/mol. The van der Waals surface area contributed by atoms with Crippen LogP contribution in [0.5, 0.6) is 0 Å². The van der Waals surface area contributed by atoms with Gasteiger partial charge in [-0.25, -0.2) is 9.11 Å². The number of phosphoric acid groups is 3. The minimum Gasteiger partial charge on any atom is -0.790 e. The van der Waals surface area contributed by atoms with Gasteiger partial charge in [-0.3, -0.25) is 27.8 Å². The van der Waals surface area contributed by atoms with Gasteiger partial charge in [-0.15, -0.1) is 0 Å². The number of hydrogen-bond acceptors (Lipinski definition) is 14. The number of hydrogen-bond donors (Lipinski definition) is 2. The van der Waals surface area contributed by atoms with Crippen LogP contribution in [0, 0.1) is 0 Å². The van der Waals surface area contributed by atoms with Gasteiger partial charge in [0.25, 0.3) is 21.2 Å². The fourth-order valence-electron chi connectivity index (χ4n) is 2.14. The molecule has 0 spiro atoms. The number of rotatable bonds is 8. The largest absolute Gasteiger partial charge is 1.00 e. The SMILES string of the molecule is O=c1ccn(C2CC(O)C(COP(=O)([O-])OP(=O)([O-])OP(=O)([O-])[O-])O2)c(=O)[nH]1.[Li+].[Li+].[Li+].[Li+]. The first-order valence-electron chi connectivity index (χ1n) is 7.04. The molecule has 0 bridgehead atoms. The Kier molecular flexibility index (Phi) is 17.6. The normalized spacial score (nSPS) is 23.8. The standard InChI is InChI=1S/C9H15N2O14P3.4Li/c12-5-3-8(11-2-1-7(13)10-9(11)14)23-6(5)4-22-27(18,19)25-28(20,21)24-26(15,16)17;;;;/h1-2,5-6,8,12H,3-4H2,(H,18,19)(H,20,21)(H,10,13,14)(H2,15,16,17);;;;/q;4*+1/p-4. The zero-order chi connectivity index (χ0) is 21.3. The van der Waals surface area contributed by atoms with Gasteiger partial charge in [0.2, 0.25) is 0 Å². The van der Waals surface area contributed by atoms with E-state index in [9.17, 15) is 48.0 Å². The molecule has 1 aliphatic heterocycles. The van der Waals surface area contributed by atoms with E-state index >= 15 is 0 Å². The van der Waals surface area contributed by atoms with E-state index in [1.807, 2.05) is 4.98 Å². The van der Waals surface area contributed by atoms with Crippen molar-refractivity contribution in [3.63, 3.8) is 0 Å². The summed E-state index contributed by atoms with van der Waals surface area (Å²) in [5.41, 5.74) is -1.55. The van der Waals surface area contributed by atoms with Gasteiger partial charge in [0, 0.05) is 18.7 Å². The summed E-state index contributed by atoms with van der Waals surface area (Å²) >= 11 is 0. The number of H-pyrrole nitrogens is 1. The quantitative estimate of drug-likeness (QED) is 0.253. The molecule has 2 N–H and O–H groups in total. The number of aromatic amines is 1. The number of phosphoric ester groups is 1. The van der Waals surface area contributed by atoms with Crippen LogP contribution in [0.2, 0.25) is 0 Å². The van der Waals surface area contributed by atoms with Crippen LogP contribution >= 0.6 is 23.5 Å². The topological polar surface area (TPSA) is 255 Å². The summed E-state index contributed by atoms with van der Waals surface area (Å²) in [6.45, 7) is -0.997. The third-order valence-corrected chi connectivity index (χ3v) is 6.83. The molecule has 5 atom stereocenters. The predicted octanol–water partition coefficient (Wildman–Crippen LogP) is -16.0. The Morgan fingerprint density at radius 3 is 2.12 bits per heavy atom. The van der Waals surface area contributed by atoms with Crippen molar-refractivity contribution in [2.75, 3.05) is 6.61 Å². The number of ether oxygens (including phenoxy) is 1. The van der Waals surface area contributed by atoms with Gasteiger partial charge in [0.1, 0.15) is 12.3 Å². The second kappa shape index (κ2) is 14.8. The third-order valence-electron chi connectivity index (χ3n) is 3.16. The maximum atomic E-state index is 11.7. The summed E-state index contributed by atoms with van der Waals surface area (Å²) < 4.78 is 49.4. The molecule has 0 radical (unpaired) electrons. The van der Waals surface area contributed by atoms with Crippen molar-refractivity contribution in [1.29, 1.82) is 0 Å². The van der Waals surface area contributed by atoms with Crippen LogP contribution in [-0.2, 0) is 31.6 Å². The Hall–Kier alpha value is 1.40. The molecule has 23 heteroatoms. The minimum atomic E-state index is -6.11. The Balaban J connectivity index is -0.00000210. The molecule has 32 heavy (non-hydrogen) atoms. The summed E-state index contributed by atoms with van der Waals surface area (Å²) in [7, 11) is -18.0. The van der Waals surface area contributed by atoms with Crippen molar-refractivity contribution in [2.45, 2.75) is 24.9 Å². The number of nitrogens with one attached hydrogen (secondary N) is 1. The number of aliphatic hydroxyl groups excluding tert-OH is 1. The van der Waals surface area contributed by atoms with Crippen LogP contribution in [0.4, 0.5) is 0 Å². The molecule has 2 rings (SSSR count). The third kappa shape index (κ3) is 12.4. The average Bonchev–Trinajstić information content (AvgIpc) is 2.82. The first-order valence-corrected chi connectivity index (χ1v) is 11.4. The molecule has 0 aromatic carbocycles. The van der Waals surface area contributed by atoms with Gasteiger partial charge >= 0.3 is 81.1 Å². The average molecular weight is 492 g/mol.